The summed E-state index contributed by atoms with van der Waals surface area (Å²) in [6, 6.07) is 108. The Kier molecular flexibility index (Phi) is 13.8. The fraction of sp³-hybridized carbons (Fsp3) is 0. The predicted octanol–water partition coefficient (Wildman–Crippen LogP) is 17.0. The first-order chi connectivity index (χ1) is 37.7. The Labute approximate surface area is 445 Å². The molecule has 0 saturated carbocycles. The Hall–Kier alpha value is -9.74. The monoisotopic (exact) mass is 994 g/mol. The van der Waals surface area contributed by atoms with Gasteiger partial charge in [-0.05, 0) is 146 Å². The third-order valence-corrected chi connectivity index (χ3v) is 15.3. The summed E-state index contributed by atoms with van der Waals surface area (Å²) in [6.45, 7) is 0. The smallest absolute Gasteiger partial charge is 0.0760 e. The van der Waals surface area contributed by atoms with Crippen molar-refractivity contribution in [2.75, 3.05) is 14.7 Å². The van der Waals surface area contributed by atoms with E-state index in [1.165, 1.54) is 0 Å². The molecule has 0 amide bonds. The van der Waals surface area contributed by atoms with Gasteiger partial charge in [0.15, 0.2) is 0 Å². The van der Waals surface area contributed by atoms with Gasteiger partial charge in [-0.3, -0.25) is 0 Å². The number of benzene rings is 9. The largest absolute Gasteiger partial charge is 0.310 e. The van der Waals surface area contributed by atoms with Crippen LogP contribution in [0.1, 0.15) is 0 Å². The topological polar surface area (TPSA) is 48.4 Å². The Morgan fingerprint density at radius 3 is 0.645 bits per heavy atom. The Morgan fingerprint density at radius 1 is 0.197 bits per heavy atom. The zero-order chi connectivity index (χ0) is 50.9. The molecule has 0 saturated heterocycles. The van der Waals surface area contributed by atoms with Crippen molar-refractivity contribution in [3.63, 3.8) is 0 Å². The molecule has 0 bridgehead atoms. The first-order valence-electron chi connectivity index (χ1n) is 25.4. The lowest BCUT2D eigenvalue weighted by molar-refractivity contribution is 1.28. The lowest BCUT2D eigenvalue weighted by atomic mass is 10.1. The van der Waals surface area contributed by atoms with Crippen LogP contribution >= 0.6 is 7.92 Å². The molecule has 0 unspecified atom stereocenters. The molecule has 3 heterocycles. The van der Waals surface area contributed by atoms with Gasteiger partial charge in [-0.25, -0.2) is 15.0 Å². The highest BCUT2D eigenvalue weighted by atomic mass is 31.1. The molecule has 12 rings (SSSR count). The molecule has 9 aromatic carbocycles. The van der Waals surface area contributed by atoms with Gasteiger partial charge in [0.1, 0.15) is 0 Å². The van der Waals surface area contributed by atoms with E-state index in [0.717, 1.165) is 101 Å². The number of nitrogens with zero attached hydrogens (tertiary/aromatic N) is 6. The lowest BCUT2D eigenvalue weighted by Crippen LogP contribution is -2.27. The maximum atomic E-state index is 5.57. The molecule has 76 heavy (non-hydrogen) atoms. The van der Waals surface area contributed by atoms with Crippen molar-refractivity contribution >= 4 is 75.4 Å². The molecule has 0 aliphatic rings. The van der Waals surface area contributed by atoms with Crippen LogP contribution < -0.4 is 31.0 Å². The highest BCUT2D eigenvalue weighted by molar-refractivity contribution is 7.79. The number of anilines is 9. The molecule has 362 valence electrons. The molecule has 0 fully saturated rings. The van der Waals surface area contributed by atoms with E-state index in [9.17, 15) is 0 Å². The quantitative estimate of drug-likeness (QED) is 0.0954. The molecule has 0 aliphatic heterocycles. The van der Waals surface area contributed by atoms with Gasteiger partial charge < -0.3 is 14.7 Å². The van der Waals surface area contributed by atoms with Gasteiger partial charge in [-0.15, -0.1) is 0 Å². The van der Waals surface area contributed by atoms with Crippen molar-refractivity contribution in [3.8, 4) is 33.8 Å². The number of hydrogen-bond donors (Lipinski definition) is 0. The summed E-state index contributed by atoms with van der Waals surface area (Å²) < 4.78 is 0. The minimum Gasteiger partial charge on any atom is -0.310 e. The number of pyridine rings is 3. The van der Waals surface area contributed by atoms with E-state index in [4.69, 9.17) is 15.0 Å². The summed E-state index contributed by atoms with van der Waals surface area (Å²) in [7, 11) is -1.41. The highest BCUT2D eigenvalue weighted by Gasteiger charge is 2.24. The van der Waals surface area contributed by atoms with Gasteiger partial charge in [0.05, 0.1) is 33.4 Å². The van der Waals surface area contributed by atoms with Crippen LogP contribution in [-0.2, 0) is 0 Å². The third kappa shape index (κ3) is 10.3. The van der Waals surface area contributed by atoms with Gasteiger partial charge >= 0.3 is 0 Å². The standard InChI is InChI=1S/C69H51N6P/c1-7-28-55(29-8-1)73(56-30-9-2-10-31-56)61-40-19-25-52(49-61)64-43-22-46-67(70-64)76(68-47-23-44-65(71-68)53-26-20-41-62(50-53)74(57-32-11-3-12-33-57)58-34-13-4-14-35-58)69-48-24-45-66(72-69)54-27-21-42-63(51-54)75(59-36-15-5-16-37-59)60-38-17-6-18-39-60/h1-51H. The number of aromatic nitrogens is 3. The highest BCUT2D eigenvalue weighted by Crippen LogP contribution is 2.41. The number of rotatable bonds is 15. The van der Waals surface area contributed by atoms with E-state index in [1.807, 2.05) is 0 Å². The SMILES string of the molecule is c1ccc(N(c2ccccc2)c2cccc(-c3cccc(P(c4cccc(-c5cccc(N(c6ccccc6)c6ccccc6)c5)n4)c4cccc(-c5cccc(N(c6ccccc6)c6ccccc6)c5)n4)n3)c2)cc1. The second kappa shape index (κ2) is 22.2. The molecule has 6 nitrogen and oxygen atoms in total. The Morgan fingerprint density at radius 2 is 0.408 bits per heavy atom. The van der Waals surface area contributed by atoms with E-state index in [-0.39, 0.29) is 0 Å². The van der Waals surface area contributed by atoms with Crippen LogP contribution in [0.3, 0.4) is 0 Å². The molecule has 0 radical (unpaired) electrons. The molecular formula is C69H51N6P. The summed E-state index contributed by atoms with van der Waals surface area (Å²) in [5.74, 6) is 0. The van der Waals surface area contributed by atoms with E-state index in [0.29, 0.717) is 0 Å². The van der Waals surface area contributed by atoms with E-state index in [2.05, 4.69) is 324 Å². The van der Waals surface area contributed by atoms with Crippen LogP contribution in [0.25, 0.3) is 33.8 Å². The zero-order valence-electron chi connectivity index (χ0n) is 41.6. The van der Waals surface area contributed by atoms with Crippen molar-refractivity contribution in [3.05, 3.63) is 309 Å². The molecule has 0 aliphatic carbocycles. The average molecular weight is 995 g/mol. The summed E-state index contributed by atoms with van der Waals surface area (Å²) in [5, 5.41) is 0. The van der Waals surface area contributed by atoms with E-state index in [1.54, 1.807) is 0 Å². The fourth-order valence-electron chi connectivity index (χ4n) is 9.69. The maximum absolute atomic E-state index is 5.57. The van der Waals surface area contributed by atoms with Gasteiger partial charge in [0.2, 0.25) is 0 Å². The van der Waals surface area contributed by atoms with Crippen LogP contribution in [0.15, 0.2) is 309 Å². The zero-order valence-corrected chi connectivity index (χ0v) is 42.5. The minimum atomic E-state index is -1.41. The van der Waals surface area contributed by atoms with Crippen LogP contribution in [-0.4, -0.2) is 15.0 Å². The third-order valence-electron chi connectivity index (χ3n) is 13.2. The van der Waals surface area contributed by atoms with Crippen LogP contribution in [0.4, 0.5) is 51.2 Å². The Balaban J connectivity index is 0.969. The van der Waals surface area contributed by atoms with Crippen molar-refractivity contribution in [1.29, 1.82) is 0 Å². The molecule has 12 aromatic rings. The average Bonchev–Trinajstić information content (AvgIpc) is 3.50. The Bertz CT molecular complexity index is 3320. The fourth-order valence-corrected chi connectivity index (χ4v) is 11.7. The molecule has 0 atom stereocenters. The van der Waals surface area contributed by atoms with E-state index >= 15 is 0 Å². The number of para-hydroxylation sites is 6. The normalized spacial score (nSPS) is 11.0. The second-order valence-corrected chi connectivity index (χ2v) is 20.2. The summed E-state index contributed by atoms with van der Waals surface area (Å²) in [5.41, 5.74) is 17.9. The first kappa shape index (κ1) is 47.3. The van der Waals surface area contributed by atoms with Crippen molar-refractivity contribution in [1.82, 2.24) is 15.0 Å². The van der Waals surface area contributed by atoms with Crippen molar-refractivity contribution in [2.24, 2.45) is 0 Å². The summed E-state index contributed by atoms with van der Waals surface area (Å²) in [6.07, 6.45) is 0. The molecule has 0 spiro atoms. The van der Waals surface area contributed by atoms with Crippen molar-refractivity contribution in [2.45, 2.75) is 0 Å². The molecule has 7 heteroatoms. The van der Waals surface area contributed by atoms with Gasteiger partial charge in [0, 0.05) is 75.8 Å². The predicted molar refractivity (Wildman–Crippen MR) is 319 cm³/mol. The van der Waals surface area contributed by atoms with Gasteiger partial charge in [0.25, 0.3) is 0 Å². The molecule has 3 aromatic heterocycles. The summed E-state index contributed by atoms with van der Waals surface area (Å²) in [4.78, 5) is 23.6. The second-order valence-electron chi connectivity index (χ2n) is 18.1. The maximum Gasteiger partial charge on any atom is 0.0760 e. The number of hydrogen-bond acceptors (Lipinski definition) is 6. The van der Waals surface area contributed by atoms with Crippen LogP contribution in [0, 0.1) is 0 Å². The molecule has 0 N–H and O–H groups in total. The van der Waals surface area contributed by atoms with Crippen LogP contribution in [0.2, 0.25) is 0 Å². The van der Waals surface area contributed by atoms with Gasteiger partial charge in [-0.2, -0.15) is 0 Å². The van der Waals surface area contributed by atoms with Gasteiger partial charge in [-0.1, -0.05) is 164 Å². The van der Waals surface area contributed by atoms with Crippen molar-refractivity contribution < 1.29 is 0 Å². The summed E-state index contributed by atoms with van der Waals surface area (Å²) >= 11 is 0. The van der Waals surface area contributed by atoms with Crippen LogP contribution in [0.5, 0.6) is 0 Å². The van der Waals surface area contributed by atoms with E-state index < -0.39 is 7.92 Å². The lowest BCUT2D eigenvalue weighted by Gasteiger charge is -2.26. The first-order valence-corrected chi connectivity index (χ1v) is 26.8. The molecular weight excluding hydrogens is 944 g/mol. The minimum absolute atomic E-state index is 0.865.